The molecule has 6 heteroatoms. The second-order valence-electron chi connectivity index (χ2n) is 4.60. The lowest BCUT2D eigenvalue weighted by Crippen LogP contribution is -2.47. The predicted octanol–water partition coefficient (Wildman–Crippen LogP) is 0.113. The molecule has 0 saturated carbocycles. The van der Waals surface area contributed by atoms with Crippen molar-refractivity contribution in [1.29, 1.82) is 0 Å². The van der Waals surface area contributed by atoms with E-state index in [1.165, 1.54) is 4.31 Å². The van der Waals surface area contributed by atoms with E-state index in [2.05, 4.69) is 12.2 Å². The molecule has 1 rings (SSSR count). The lowest BCUT2D eigenvalue weighted by molar-refractivity contribution is 0.229. The van der Waals surface area contributed by atoms with E-state index in [1.807, 2.05) is 7.05 Å². The summed E-state index contributed by atoms with van der Waals surface area (Å²) in [5, 5.41) is 3.23. The fraction of sp³-hybridized carbons (Fsp3) is 1.00. The molecule has 1 saturated heterocycles. The van der Waals surface area contributed by atoms with Crippen molar-refractivity contribution in [2.45, 2.75) is 25.8 Å². The smallest absolute Gasteiger partial charge is 0.281 e. The predicted molar refractivity (Wildman–Crippen MR) is 65.4 cm³/mol. The zero-order chi connectivity index (χ0) is 12.3. The highest BCUT2D eigenvalue weighted by molar-refractivity contribution is 7.86. The molecular formula is C10H23N3O2S. The molecule has 0 bridgehead atoms. The lowest BCUT2D eigenvalue weighted by atomic mass is 9.91. The molecule has 0 radical (unpaired) electrons. The van der Waals surface area contributed by atoms with Crippen LogP contribution in [-0.2, 0) is 10.2 Å². The minimum absolute atomic E-state index is 0.462. The van der Waals surface area contributed by atoms with E-state index in [0.717, 1.165) is 12.8 Å². The van der Waals surface area contributed by atoms with Crippen molar-refractivity contribution in [1.82, 2.24) is 13.9 Å². The van der Waals surface area contributed by atoms with Gasteiger partial charge >= 0.3 is 0 Å². The Morgan fingerprint density at radius 3 is 2.19 bits per heavy atom. The van der Waals surface area contributed by atoms with Crippen molar-refractivity contribution in [2.24, 2.45) is 5.92 Å². The Hall–Kier alpha value is -0.170. The summed E-state index contributed by atoms with van der Waals surface area (Å²) in [7, 11) is 1.90. The molecule has 1 aliphatic heterocycles. The first-order valence-corrected chi connectivity index (χ1v) is 7.14. The number of nitrogens with one attached hydrogen (secondary N) is 1. The van der Waals surface area contributed by atoms with E-state index in [1.54, 1.807) is 18.4 Å². The summed E-state index contributed by atoms with van der Waals surface area (Å²) in [5.74, 6) is 0.582. The van der Waals surface area contributed by atoms with E-state index in [9.17, 15) is 8.42 Å². The number of hydrogen-bond acceptors (Lipinski definition) is 3. The van der Waals surface area contributed by atoms with Gasteiger partial charge < -0.3 is 5.32 Å². The fourth-order valence-electron chi connectivity index (χ4n) is 2.07. The monoisotopic (exact) mass is 249 g/mol. The molecule has 5 nitrogen and oxygen atoms in total. The molecule has 0 aliphatic carbocycles. The fourth-order valence-corrected chi connectivity index (χ4v) is 3.21. The zero-order valence-corrected chi connectivity index (χ0v) is 11.4. The zero-order valence-electron chi connectivity index (χ0n) is 10.6. The Balaban J connectivity index is 2.56. The van der Waals surface area contributed by atoms with Crippen LogP contribution in [0.4, 0.5) is 0 Å². The molecule has 16 heavy (non-hydrogen) atoms. The van der Waals surface area contributed by atoms with E-state index in [-0.39, 0.29) is 0 Å². The van der Waals surface area contributed by atoms with Crippen molar-refractivity contribution in [3.05, 3.63) is 0 Å². The third kappa shape index (κ3) is 2.94. The van der Waals surface area contributed by atoms with Crippen LogP contribution >= 0.6 is 0 Å². The summed E-state index contributed by atoms with van der Waals surface area (Å²) in [5.41, 5.74) is 0. The maximum Gasteiger partial charge on any atom is 0.281 e. The molecule has 0 spiro atoms. The van der Waals surface area contributed by atoms with Gasteiger partial charge in [0.2, 0.25) is 0 Å². The minimum Gasteiger partial charge on any atom is -0.317 e. The largest absolute Gasteiger partial charge is 0.317 e. The second-order valence-corrected chi connectivity index (χ2v) is 6.75. The third-order valence-corrected chi connectivity index (χ3v) is 5.39. The van der Waals surface area contributed by atoms with Gasteiger partial charge in [-0.15, -0.1) is 0 Å². The maximum absolute atomic E-state index is 11.9. The molecular weight excluding hydrogens is 226 g/mol. The molecule has 0 aromatic rings. The molecule has 0 aromatic carbocycles. The van der Waals surface area contributed by atoms with Crippen molar-refractivity contribution in [3.8, 4) is 0 Å². The highest BCUT2D eigenvalue weighted by Crippen LogP contribution is 2.22. The number of nitrogens with zero attached hydrogens (tertiary/aromatic N) is 2. The van der Waals surface area contributed by atoms with Gasteiger partial charge in [-0.1, -0.05) is 0 Å². The van der Waals surface area contributed by atoms with Crippen LogP contribution in [0.2, 0.25) is 0 Å². The number of rotatable bonds is 4. The van der Waals surface area contributed by atoms with Crippen LogP contribution in [0.3, 0.4) is 0 Å². The Morgan fingerprint density at radius 2 is 1.81 bits per heavy atom. The van der Waals surface area contributed by atoms with Gasteiger partial charge in [-0.3, -0.25) is 0 Å². The van der Waals surface area contributed by atoms with Gasteiger partial charge in [0.15, 0.2) is 0 Å². The van der Waals surface area contributed by atoms with Crippen molar-refractivity contribution in [2.75, 3.05) is 34.2 Å². The molecule has 96 valence electrons. The van der Waals surface area contributed by atoms with Crippen LogP contribution in [0, 0.1) is 5.92 Å². The van der Waals surface area contributed by atoms with Crippen LogP contribution in [0.5, 0.6) is 0 Å². The Labute approximate surface area is 99.0 Å². The van der Waals surface area contributed by atoms with Crippen LogP contribution in [0.1, 0.15) is 19.8 Å². The number of piperidine rings is 1. The Kier molecular flexibility index (Phi) is 4.73. The van der Waals surface area contributed by atoms with Gasteiger partial charge in [-0.05, 0) is 32.7 Å². The normalized spacial score (nSPS) is 22.6. The highest BCUT2D eigenvalue weighted by atomic mass is 32.2. The Morgan fingerprint density at radius 1 is 1.31 bits per heavy atom. The van der Waals surface area contributed by atoms with Crippen LogP contribution in [-0.4, -0.2) is 57.3 Å². The van der Waals surface area contributed by atoms with Crippen LogP contribution in [0.15, 0.2) is 0 Å². The minimum atomic E-state index is -3.21. The van der Waals surface area contributed by atoms with Crippen LogP contribution < -0.4 is 5.32 Å². The second kappa shape index (κ2) is 5.44. The number of hydrogen-bond donors (Lipinski definition) is 1. The average Bonchev–Trinajstić information content (AvgIpc) is 2.28. The van der Waals surface area contributed by atoms with Crippen molar-refractivity contribution in [3.63, 3.8) is 0 Å². The quantitative estimate of drug-likeness (QED) is 0.769. The van der Waals surface area contributed by atoms with Crippen molar-refractivity contribution < 1.29 is 8.42 Å². The first-order chi connectivity index (χ1) is 7.39. The SMILES string of the molecule is CNC(C)C1CCN(S(=O)(=O)N(C)C)CC1. The molecule has 1 atom stereocenters. The molecule has 1 N–H and O–H groups in total. The van der Waals surface area contributed by atoms with Gasteiger partial charge in [-0.25, -0.2) is 0 Å². The van der Waals surface area contributed by atoms with Gasteiger partial charge in [0, 0.05) is 33.2 Å². The van der Waals surface area contributed by atoms with Crippen LogP contribution in [0.25, 0.3) is 0 Å². The standard InChI is InChI=1S/C10H23N3O2S/c1-9(11-2)10-5-7-13(8-6-10)16(14,15)12(3)4/h9-11H,5-8H2,1-4H3. The topological polar surface area (TPSA) is 52.7 Å². The summed E-state index contributed by atoms with van der Waals surface area (Å²) < 4.78 is 26.6. The molecule has 0 amide bonds. The summed E-state index contributed by atoms with van der Waals surface area (Å²) in [6.07, 6.45) is 1.88. The van der Waals surface area contributed by atoms with Crippen molar-refractivity contribution >= 4 is 10.2 Å². The lowest BCUT2D eigenvalue weighted by Gasteiger charge is -2.35. The van der Waals surface area contributed by atoms with Gasteiger partial charge in [0.25, 0.3) is 10.2 Å². The first-order valence-electron chi connectivity index (χ1n) is 5.74. The summed E-state index contributed by atoms with van der Waals surface area (Å²) in [6.45, 7) is 3.43. The van der Waals surface area contributed by atoms with E-state index in [4.69, 9.17) is 0 Å². The molecule has 1 aliphatic rings. The molecule has 0 aromatic heterocycles. The average molecular weight is 249 g/mol. The first kappa shape index (κ1) is 13.9. The Bertz CT molecular complexity index is 308. The summed E-state index contributed by atoms with van der Waals surface area (Å²) in [6, 6.07) is 0.462. The molecule has 1 fully saturated rings. The van der Waals surface area contributed by atoms with E-state index < -0.39 is 10.2 Å². The molecule has 1 heterocycles. The van der Waals surface area contributed by atoms with Gasteiger partial charge in [0.1, 0.15) is 0 Å². The summed E-state index contributed by atoms with van der Waals surface area (Å²) in [4.78, 5) is 0. The third-order valence-electron chi connectivity index (χ3n) is 3.45. The van der Waals surface area contributed by atoms with E-state index >= 15 is 0 Å². The van der Waals surface area contributed by atoms with Gasteiger partial charge in [-0.2, -0.15) is 17.0 Å². The highest BCUT2D eigenvalue weighted by Gasteiger charge is 2.30. The maximum atomic E-state index is 11.9. The van der Waals surface area contributed by atoms with Gasteiger partial charge in [0.05, 0.1) is 0 Å². The van der Waals surface area contributed by atoms with E-state index in [0.29, 0.717) is 25.0 Å². The molecule has 1 unspecified atom stereocenters. The summed E-state index contributed by atoms with van der Waals surface area (Å²) >= 11 is 0.